The fourth-order valence-corrected chi connectivity index (χ4v) is 5.81. The Kier molecular flexibility index (Phi) is 17.8. The molecule has 0 radical (unpaired) electrons. The minimum atomic E-state index is 0.735. The molecular formula is C35H64. The van der Waals surface area contributed by atoms with Crippen LogP contribution in [0.25, 0.3) is 0 Å². The zero-order chi connectivity index (χ0) is 26.1. The molecule has 1 aliphatic carbocycles. The molecule has 1 aliphatic rings. The molecule has 0 saturated heterocycles. The first kappa shape index (κ1) is 32.2. The van der Waals surface area contributed by atoms with Gasteiger partial charge in [0.15, 0.2) is 0 Å². The Morgan fingerprint density at radius 2 is 1.34 bits per heavy atom. The smallest absolute Gasteiger partial charge is 0.0168 e. The highest BCUT2D eigenvalue weighted by atomic mass is 14.2. The van der Waals surface area contributed by atoms with E-state index in [1.807, 2.05) is 0 Å². The van der Waals surface area contributed by atoms with Crippen molar-refractivity contribution >= 4 is 0 Å². The largest absolute Gasteiger partial charge is 0.0996 e. The number of rotatable bonds is 20. The van der Waals surface area contributed by atoms with Crippen molar-refractivity contribution in [2.24, 2.45) is 29.6 Å². The van der Waals surface area contributed by atoms with Crippen LogP contribution >= 0.6 is 0 Å². The van der Waals surface area contributed by atoms with Crippen LogP contribution in [0.1, 0.15) is 158 Å². The third kappa shape index (κ3) is 17.3. The fourth-order valence-electron chi connectivity index (χ4n) is 5.81. The van der Waals surface area contributed by atoms with E-state index in [0.717, 1.165) is 29.6 Å². The van der Waals surface area contributed by atoms with Crippen molar-refractivity contribution in [1.29, 1.82) is 0 Å². The van der Waals surface area contributed by atoms with Crippen LogP contribution in [-0.2, 0) is 0 Å². The molecule has 0 heterocycles. The molecule has 35 heavy (non-hydrogen) atoms. The van der Waals surface area contributed by atoms with E-state index >= 15 is 0 Å². The van der Waals surface area contributed by atoms with Crippen LogP contribution in [0.15, 0.2) is 35.5 Å². The predicted molar refractivity (Wildman–Crippen MR) is 161 cm³/mol. The lowest BCUT2D eigenvalue weighted by Crippen LogP contribution is -2.07. The van der Waals surface area contributed by atoms with Gasteiger partial charge in [-0.3, -0.25) is 0 Å². The summed E-state index contributed by atoms with van der Waals surface area (Å²) in [4.78, 5) is 0. The fraction of sp³-hybridized carbons (Fsp3) is 0.829. The van der Waals surface area contributed by atoms with Crippen LogP contribution in [-0.4, -0.2) is 0 Å². The molecule has 0 spiro atoms. The van der Waals surface area contributed by atoms with Gasteiger partial charge in [0, 0.05) is 0 Å². The average molecular weight is 485 g/mol. The quantitative estimate of drug-likeness (QED) is 0.151. The van der Waals surface area contributed by atoms with Crippen molar-refractivity contribution in [3.05, 3.63) is 35.5 Å². The molecule has 0 unspecified atom stereocenters. The van der Waals surface area contributed by atoms with Gasteiger partial charge < -0.3 is 0 Å². The Balaban J connectivity index is 2.03. The van der Waals surface area contributed by atoms with Crippen molar-refractivity contribution in [2.75, 3.05) is 0 Å². The highest BCUT2D eigenvalue weighted by Crippen LogP contribution is 2.30. The van der Waals surface area contributed by atoms with Gasteiger partial charge in [-0.15, -0.1) is 0 Å². The highest BCUT2D eigenvalue weighted by Gasteiger charge is 2.15. The number of allylic oxidation sites excluding steroid dienone is 5. The topological polar surface area (TPSA) is 0 Å². The van der Waals surface area contributed by atoms with Crippen LogP contribution in [0, 0.1) is 29.6 Å². The lowest BCUT2D eigenvalue weighted by molar-refractivity contribution is 0.372. The Labute approximate surface area is 222 Å². The Morgan fingerprint density at radius 3 is 1.83 bits per heavy atom. The highest BCUT2D eigenvalue weighted by molar-refractivity contribution is 5.12. The van der Waals surface area contributed by atoms with Crippen molar-refractivity contribution in [3.63, 3.8) is 0 Å². The van der Waals surface area contributed by atoms with Gasteiger partial charge in [0.2, 0.25) is 0 Å². The minimum Gasteiger partial charge on any atom is -0.0996 e. The standard InChI is InChI=1S/C35H64/c1-28(2)14-9-15-29(3)16-10-17-30(4)18-11-19-31(5)20-12-21-32(6)22-13-23-34(8)35-26-24-33(7)25-27-35/h22,24,28-31,35H,8-21,23,25-27H2,1-7H3/b32-22-/t29-,30-,31-,35-/m0/s1. The van der Waals surface area contributed by atoms with Crippen molar-refractivity contribution < 1.29 is 0 Å². The van der Waals surface area contributed by atoms with E-state index in [-0.39, 0.29) is 0 Å². The lowest BCUT2D eigenvalue weighted by Gasteiger charge is -2.22. The van der Waals surface area contributed by atoms with E-state index in [1.165, 1.54) is 115 Å². The summed E-state index contributed by atoms with van der Waals surface area (Å²) in [6.07, 6.45) is 28.0. The van der Waals surface area contributed by atoms with Crippen LogP contribution in [0.3, 0.4) is 0 Å². The van der Waals surface area contributed by atoms with Gasteiger partial charge in [0.1, 0.15) is 0 Å². The molecule has 0 amide bonds. The van der Waals surface area contributed by atoms with Gasteiger partial charge in [-0.25, -0.2) is 0 Å². The summed E-state index contributed by atoms with van der Waals surface area (Å²) >= 11 is 0. The Hall–Kier alpha value is -0.780. The van der Waals surface area contributed by atoms with E-state index in [2.05, 4.69) is 67.2 Å². The predicted octanol–water partition coefficient (Wildman–Crippen LogP) is 12.3. The average Bonchev–Trinajstić information content (AvgIpc) is 2.79. The number of hydrogen-bond donors (Lipinski definition) is 0. The van der Waals surface area contributed by atoms with Gasteiger partial charge in [-0.2, -0.15) is 0 Å². The molecule has 0 fully saturated rings. The molecule has 0 heteroatoms. The van der Waals surface area contributed by atoms with Gasteiger partial charge in [0.05, 0.1) is 0 Å². The van der Waals surface area contributed by atoms with Gasteiger partial charge in [-0.1, -0.05) is 134 Å². The second-order valence-electron chi connectivity index (χ2n) is 13.2. The van der Waals surface area contributed by atoms with Crippen LogP contribution in [0.4, 0.5) is 0 Å². The molecule has 0 aromatic carbocycles. The van der Waals surface area contributed by atoms with Crippen molar-refractivity contribution in [2.45, 2.75) is 158 Å². The first-order valence-corrected chi connectivity index (χ1v) is 15.7. The van der Waals surface area contributed by atoms with Gasteiger partial charge in [0.25, 0.3) is 0 Å². The third-order valence-corrected chi connectivity index (χ3v) is 8.71. The van der Waals surface area contributed by atoms with Gasteiger partial charge >= 0.3 is 0 Å². The molecular weight excluding hydrogens is 420 g/mol. The first-order chi connectivity index (χ1) is 16.7. The summed E-state index contributed by atoms with van der Waals surface area (Å²) in [5, 5.41) is 0. The number of hydrogen-bond acceptors (Lipinski definition) is 0. The van der Waals surface area contributed by atoms with E-state index < -0.39 is 0 Å². The summed E-state index contributed by atoms with van der Waals surface area (Å²) in [6, 6.07) is 0. The van der Waals surface area contributed by atoms with Crippen molar-refractivity contribution in [3.8, 4) is 0 Å². The Morgan fingerprint density at radius 1 is 0.829 bits per heavy atom. The first-order valence-electron chi connectivity index (χ1n) is 15.7. The normalized spacial score (nSPS) is 19.5. The summed E-state index contributed by atoms with van der Waals surface area (Å²) in [5.74, 6) is 4.33. The second kappa shape index (κ2) is 19.3. The molecule has 4 atom stereocenters. The van der Waals surface area contributed by atoms with Crippen LogP contribution in [0.2, 0.25) is 0 Å². The lowest BCUT2D eigenvalue weighted by atomic mass is 9.83. The maximum Gasteiger partial charge on any atom is -0.0168 e. The molecule has 0 aliphatic heterocycles. The molecule has 0 bridgehead atoms. The Bertz CT molecular complexity index is 604. The van der Waals surface area contributed by atoms with Crippen molar-refractivity contribution in [1.82, 2.24) is 0 Å². The summed E-state index contributed by atoms with van der Waals surface area (Å²) in [5.41, 5.74) is 4.65. The second-order valence-corrected chi connectivity index (χ2v) is 13.2. The van der Waals surface area contributed by atoms with E-state index in [9.17, 15) is 0 Å². The molecule has 0 N–H and O–H groups in total. The SMILES string of the molecule is C=C(CC/C=C(/C)CCC[C@@H](C)CCC[C@@H](C)CCC[C@@H](C)CCCC(C)C)[C@H]1CC=C(C)CC1. The maximum absolute atomic E-state index is 4.41. The van der Waals surface area contributed by atoms with E-state index in [1.54, 1.807) is 11.1 Å². The minimum absolute atomic E-state index is 0.735. The molecule has 0 saturated carbocycles. The maximum atomic E-state index is 4.41. The molecule has 1 rings (SSSR count). The molecule has 0 nitrogen and oxygen atoms in total. The van der Waals surface area contributed by atoms with Gasteiger partial charge in [-0.05, 0) is 88.4 Å². The van der Waals surface area contributed by atoms with E-state index in [4.69, 9.17) is 0 Å². The molecule has 0 aromatic rings. The molecule has 204 valence electrons. The summed E-state index contributed by atoms with van der Waals surface area (Å²) in [6.45, 7) is 21.2. The zero-order valence-electron chi connectivity index (χ0n) is 25.3. The van der Waals surface area contributed by atoms with E-state index in [0.29, 0.717) is 0 Å². The third-order valence-electron chi connectivity index (χ3n) is 8.71. The van der Waals surface area contributed by atoms with Crippen LogP contribution in [0.5, 0.6) is 0 Å². The molecule has 0 aromatic heterocycles. The summed E-state index contributed by atoms with van der Waals surface area (Å²) in [7, 11) is 0. The zero-order valence-corrected chi connectivity index (χ0v) is 25.3. The van der Waals surface area contributed by atoms with Crippen LogP contribution < -0.4 is 0 Å². The summed E-state index contributed by atoms with van der Waals surface area (Å²) < 4.78 is 0. The monoisotopic (exact) mass is 485 g/mol.